The molecule has 0 radical (unpaired) electrons. The van der Waals surface area contributed by atoms with Crippen LogP contribution in [0.5, 0.6) is 0 Å². The molecule has 0 aliphatic heterocycles. The monoisotopic (exact) mass is 388 g/mol. The minimum atomic E-state index is -2.41. The summed E-state index contributed by atoms with van der Waals surface area (Å²) in [5, 5.41) is 3.66. The van der Waals surface area contributed by atoms with Crippen molar-refractivity contribution in [1.29, 1.82) is 0 Å². The molecule has 3 heteroatoms. The summed E-state index contributed by atoms with van der Waals surface area (Å²) < 4.78 is 0. The normalized spacial score (nSPS) is 11.5. The zero-order chi connectivity index (χ0) is 13.8. The van der Waals surface area contributed by atoms with E-state index in [-0.39, 0.29) is 26.2 Å². The van der Waals surface area contributed by atoms with Crippen LogP contribution in [0.4, 0.5) is 0 Å². The van der Waals surface area contributed by atoms with E-state index >= 15 is 0 Å². The summed E-state index contributed by atoms with van der Waals surface area (Å²) in [7, 11) is 0. The van der Waals surface area contributed by atoms with Crippen LogP contribution in [0, 0.1) is 0 Å². The minimum absolute atomic E-state index is 0. The van der Waals surface area contributed by atoms with E-state index in [9.17, 15) is 0 Å². The van der Waals surface area contributed by atoms with Crippen LogP contribution in [0.15, 0.2) is 91.0 Å². The van der Waals surface area contributed by atoms with E-state index < -0.39 is 6.62 Å². The van der Waals surface area contributed by atoms with Gasteiger partial charge in [0.05, 0.1) is 0 Å². The molecule has 0 bridgehead atoms. The Morgan fingerprint density at radius 2 is 0.714 bits per heavy atom. The molecular weight excluding hydrogens is 374 g/mol. The van der Waals surface area contributed by atoms with Crippen molar-refractivity contribution in [2.45, 2.75) is 0 Å². The first kappa shape index (κ1) is 16.6. The Morgan fingerprint density at radius 1 is 0.476 bits per heavy atom. The van der Waals surface area contributed by atoms with Gasteiger partial charge in [0.2, 0.25) is 0 Å². The zero-order valence-corrected chi connectivity index (χ0v) is 15.8. The molecule has 0 nitrogen and oxygen atoms in total. The van der Waals surface area contributed by atoms with Gasteiger partial charge >= 0.3 is 125 Å². The van der Waals surface area contributed by atoms with Crippen LogP contribution in [0.2, 0.25) is 0 Å². The summed E-state index contributed by atoms with van der Waals surface area (Å²) in [5.74, 6) is 0. The number of benzene rings is 3. The second-order valence-corrected chi connectivity index (χ2v) is 9.51. The molecule has 0 spiro atoms. The minimum Gasteiger partial charge on any atom is 0 e. The van der Waals surface area contributed by atoms with Crippen molar-refractivity contribution in [3.63, 3.8) is 0 Å². The Bertz CT molecular complexity index is 575. The van der Waals surface area contributed by atoms with Gasteiger partial charge in [0.15, 0.2) is 0 Å². The van der Waals surface area contributed by atoms with E-state index in [0.717, 1.165) is 0 Å². The Labute approximate surface area is 150 Å². The molecule has 0 saturated heterocycles. The average molecular weight is 390 g/mol. The van der Waals surface area contributed by atoms with E-state index in [0.29, 0.717) is 0 Å². The summed E-state index contributed by atoms with van der Waals surface area (Å²) in [4.78, 5) is 0. The molecule has 0 N–H and O–H groups in total. The van der Waals surface area contributed by atoms with Crippen molar-refractivity contribution < 1.29 is 26.2 Å². The van der Waals surface area contributed by atoms with Crippen LogP contribution in [0.1, 0.15) is 0 Å². The van der Waals surface area contributed by atoms with Gasteiger partial charge in [-0.2, -0.15) is 0 Å². The van der Waals surface area contributed by atoms with Crippen LogP contribution in [0.3, 0.4) is 0 Å². The van der Waals surface area contributed by atoms with Gasteiger partial charge in [-0.05, 0) is 0 Å². The molecule has 104 valence electrons. The standard InChI is InChI=1S/C18H16ClP.Zr/c19-20(16-10-4-1-5-11-16,17-12-6-2-7-13-17)18-14-8-3-9-15-18;/h1-15,20H;. The zero-order valence-electron chi connectivity index (χ0n) is 11.5. The van der Waals surface area contributed by atoms with Crippen LogP contribution in [-0.2, 0) is 26.2 Å². The van der Waals surface area contributed by atoms with Crippen LogP contribution in [-0.4, -0.2) is 0 Å². The predicted molar refractivity (Wildman–Crippen MR) is 92.4 cm³/mol. The van der Waals surface area contributed by atoms with Crippen molar-refractivity contribution >= 4 is 33.8 Å². The Hall–Kier alpha value is -0.737. The maximum absolute atomic E-state index is 7.25. The Kier molecular flexibility index (Phi) is 5.94. The van der Waals surface area contributed by atoms with Gasteiger partial charge in [0.1, 0.15) is 0 Å². The van der Waals surface area contributed by atoms with E-state index in [2.05, 4.69) is 72.8 Å². The Balaban J connectivity index is 0.00000161. The number of halogens is 1. The number of hydrogen-bond donors (Lipinski definition) is 0. The van der Waals surface area contributed by atoms with Crippen LogP contribution >= 0.6 is 17.9 Å². The van der Waals surface area contributed by atoms with E-state index in [1.165, 1.54) is 15.9 Å². The fourth-order valence-corrected chi connectivity index (χ4v) is 6.59. The molecular formula is C18H16ClPZr. The summed E-state index contributed by atoms with van der Waals surface area (Å²) in [6, 6.07) is 31.3. The average Bonchev–Trinajstić information content (AvgIpc) is 2.56. The first-order chi connectivity index (χ1) is 9.82. The maximum Gasteiger partial charge on any atom is 0 e. The summed E-state index contributed by atoms with van der Waals surface area (Å²) in [6.45, 7) is -2.41. The first-order valence-electron chi connectivity index (χ1n) is 6.67. The quantitative estimate of drug-likeness (QED) is 0.596. The SMILES string of the molecule is Cl[PH](c1ccccc1)(c1ccccc1)c1ccccc1.[Zr]. The van der Waals surface area contributed by atoms with Crippen LogP contribution in [0.25, 0.3) is 0 Å². The maximum atomic E-state index is 7.25. The van der Waals surface area contributed by atoms with Gasteiger partial charge < -0.3 is 0 Å². The smallest absolute Gasteiger partial charge is 0 e. The van der Waals surface area contributed by atoms with E-state index in [1.807, 2.05) is 18.2 Å². The van der Waals surface area contributed by atoms with Gasteiger partial charge in [-0.1, -0.05) is 0 Å². The van der Waals surface area contributed by atoms with Gasteiger partial charge in [0, 0.05) is 26.2 Å². The molecule has 0 atom stereocenters. The second kappa shape index (κ2) is 7.50. The molecule has 3 rings (SSSR count). The van der Waals surface area contributed by atoms with Gasteiger partial charge in [-0.15, -0.1) is 0 Å². The van der Waals surface area contributed by atoms with E-state index in [4.69, 9.17) is 11.2 Å². The van der Waals surface area contributed by atoms with Crippen molar-refractivity contribution in [3.8, 4) is 0 Å². The van der Waals surface area contributed by atoms with E-state index in [1.54, 1.807) is 0 Å². The topological polar surface area (TPSA) is 0 Å². The van der Waals surface area contributed by atoms with Crippen molar-refractivity contribution in [2.75, 3.05) is 0 Å². The van der Waals surface area contributed by atoms with Gasteiger partial charge in [-0.25, -0.2) is 0 Å². The van der Waals surface area contributed by atoms with Crippen molar-refractivity contribution in [1.82, 2.24) is 0 Å². The van der Waals surface area contributed by atoms with Crippen molar-refractivity contribution in [2.24, 2.45) is 0 Å². The van der Waals surface area contributed by atoms with Crippen molar-refractivity contribution in [3.05, 3.63) is 91.0 Å². The number of hydrogen-bond acceptors (Lipinski definition) is 0. The van der Waals surface area contributed by atoms with Gasteiger partial charge in [0.25, 0.3) is 0 Å². The number of rotatable bonds is 3. The molecule has 3 aromatic rings. The molecule has 21 heavy (non-hydrogen) atoms. The summed E-state index contributed by atoms with van der Waals surface area (Å²) in [6.07, 6.45) is 0. The summed E-state index contributed by atoms with van der Waals surface area (Å²) >= 11 is 7.25. The second-order valence-electron chi connectivity index (χ2n) is 4.76. The van der Waals surface area contributed by atoms with Crippen LogP contribution < -0.4 is 15.9 Å². The molecule has 0 aliphatic carbocycles. The fraction of sp³-hybridized carbons (Fsp3) is 0. The molecule has 0 fully saturated rings. The molecule has 0 saturated carbocycles. The predicted octanol–water partition coefficient (Wildman–Crippen LogP) is 3.86. The molecule has 0 unspecified atom stereocenters. The molecule has 0 aromatic heterocycles. The summed E-state index contributed by atoms with van der Waals surface area (Å²) in [5.41, 5.74) is 0. The third-order valence-electron chi connectivity index (χ3n) is 3.51. The first-order valence-corrected chi connectivity index (χ1v) is 9.68. The third-order valence-corrected chi connectivity index (χ3v) is 8.87. The fourth-order valence-electron chi connectivity index (χ4n) is 2.50. The largest absolute Gasteiger partial charge is 0 e. The van der Waals surface area contributed by atoms with Gasteiger partial charge in [-0.3, -0.25) is 0 Å². The molecule has 0 heterocycles. The molecule has 3 aromatic carbocycles. The molecule has 0 aliphatic rings. The Morgan fingerprint density at radius 3 is 0.952 bits per heavy atom. The third kappa shape index (κ3) is 3.37. The molecule has 0 amide bonds.